The monoisotopic (exact) mass is 340 g/mol. The topological polar surface area (TPSA) is 71.6 Å². The Morgan fingerprint density at radius 2 is 2.04 bits per heavy atom. The number of fused-ring (bicyclic) bond motifs is 1. The number of hydrogen-bond acceptors (Lipinski definition) is 6. The number of nitrogens with zero attached hydrogens (tertiary/aromatic N) is 4. The lowest BCUT2D eigenvalue weighted by Gasteiger charge is -2.27. The molecule has 4 rings (SSSR count). The first kappa shape index (κ1) is 15.1. The van der Waals surface area contributed by atoms with Gasteiger partial charge in [-0.1, -0.05) is 36.9 Å². The third kappa shape index (κ3) is 2.45. The number of thioether (sulfide) groups is 1. The molecule has 1 saturated heterocycles. The van der Waals surface area contributed by atoms with Crippen LogP contribution >= 0.6 is 11.8 Å². The van der Waals surface area contributed by atoms with Crippen LogP contribution in [0.5, 0.6) is 0 Å². The molecule has 3 atom stereocenters. The van der Waals surface area contributed by atoms with E-state index in [1.807, 2.05) is 30.3 Å². The minimum atomic E-state index is -0.310. The molecule has 3 heterocycles. The molecule has 0 aliphatic carbocycles. The van der Waals surface area contributed by atoms with Crippen LogP contribution in [0.15, 0.2) is 53.7 Å². The molecular formula is C17H16N4O2S. The maximum Gasteiger partial charge on any atom is 0.274 e. The molecule has 122 valence electrons. The first-order valence-electron chi connectivity index (χ1n) is 7.80. The van der Waals surface area contributed by atoms with Crippen LogP contribution < -0.4 is 0 Å². The predicted octanol–water partition coefficient (Wildman–Crippen LogP) is 3.58. The zero-order valence-corrected chi connectivity index (χ0v) is 13.9. The van der Waals surface area contributed by atoms with Gasteiger partial charge in [0.05, 0.1) is 22.2 Å². The molecular weight excluding hydrogens is 324 g/mol. The normalized spacial score (nSPS) is 25.5. The second kappa shape index (κ2) is 5.90. The van der Waals surface area contributed by atoms with E-state index < -0.39 is 0 Å². The first-order chi connectivity index (χ1) is 11.6. The number of nitro groups is 1. The van der Waals surface area contributed by atoms with Crippen LogP contribution in [0.2, 0.25) is 0 Å². The quantitative estimate of drug-likeness (QED) is 0.631. The number of benzene rings is 1. The highest BCUT2D eigenvalue weighted by molar-refractivity contribution is 8.14. The highest BCUT2D eigenvalue weighted by Gasteiger charge is 2.45. The van der Waals surface area contributed by atoms with Crippen molar-refractivity contribution in [2.24, 2.45) is 4.99 Å². The van der Waals surface area contributed by atoms with Gasteiger partial charge in [0.2, 0.25) is 0 Å². The van der Waals surface area contributed by atoms with Gasteiger partial charge in [0, 0.05) is 24.1 Å². The lowest BCUT2D eigenvalue weighted by molar-refractivity contribution is -0.386. The van der Waals surface area contributed by atoms with E-state index in [1.54, 1.807) is 30.1 Å². The van der Waals surface area contributed by atoms with E-state index in [4.69, 9.17) is 4.99 Å². The summed E-state index contributed by atoms with van der Waals surface area (Å²) >= 11 is 1.73. The summed E-state index contributed by atoms with van der Waals surface area (Å²) in [4.78, 5) is 22.7. The van der Waals surface area contributed by atoms with Crippen molar-refractivity contribution < 1.29 is 4.92 Å². The van der Waals surface area contributed by atoms with Crippen LogP contribution in [0, 0.1) is 10.1 Å². The van der Waals surface area contributed by atoms with Crippen molar-refractivity contribution in [2.75, 3.05) is 6.54 Å². The lowest BCUT2D eigenvalue weighted by atomic mass is 9.95. The van der Waals surface area contributed by atoms with Crippen LogP contribution in [-0.2, 0) is 0 Å². The van der Waals surface area contributed by atoms with E-state index in [-0.39, 0.29) is 22.7 Å². The molecule has 0 unspecified atom stereocenters. The standard InChI is InChI=1S/C17H16N4O2S/c1-11-10-20-16(12-6-2-3-8-14(12)21(22)23)15(19-17(20)24-11)13-7-4-5-9-18-13/h2-9,11,15-16H,10H2,1H3/t11-,15+,16+/m1/s1. The highest BCUT2D eigenvalue weighted by Crippen LogP contribution is 2.49. The summed E-state index contributed by atoms with van der Waals surface area (Å²) in [5.41, 5.74) is 1.69. The molecule has 0 saturated carbocycles. The third-order valence-electron chi connectivity index (χ3n) is 4.33. The van der Waals surface area contributed by atoms with E-state index in [0.717, 1.165) is 17.4 Å². The number of aliphatic imine (C=N–C) groups is 1. The molecule has 7 heteroatoms. The molecule has 0 spiro atoms. The van der Waals surface area contributed by atoms with Gasteiger partial charge in [-0.3, -0.25) is 20.1 Å². The summed E-state index contributed by atoms with van der Waals surface area (Å²) in [6, 6.07) is 12.3. The van der Waals surface area contributed by atoms with Crippen molar-refractivity contribution in [3.05, 3.63) is 70.0 Å². The summed E-state index contributed by atoms with van der Waals surface area (Å²) < 4.78 is 0. The van der Waals surface area contributed by atoms with Crippen LogP contribution in [0.1, 0.15) is 30.3 Å². The number of aromatic nitrogens is 1. The maximum atomic E-state index is 11.5. The minimum Gasteiger partial charge on any atom is -0.340 e. The largest absolute Gasteiger partial charge is 0.340 e. The highest BCUT2D eigenvalue weighted by atomic mass is 32.2. The van der Waals surface area contributed by atoms with E-state index in [0.29, 0.717) is 10.8 Å². The fraction of sp³-hybridized carbons (Fsp3) is 0.294. The zero-order valence-electron chi connectivity index (χ0n) is 13.1. The summed E-state index contributed by atoms with van der Waals surface area (Å²) in [6.45, 7) is 2.99. The Bertz CT molecular complexity index is 811. The fourth-order valence-electron chi connectivity index (χ4n) is 3.36. The summed E-state index contributed by atoms with van der Waals surface area (Å²) in [7, 11) is 0. The number of rotatable bonds is 3. The molecule has 1 aromatic heterocycles. The van der Waals surface area contributed by atoms with Gasteiger partial charge in [-0.25, -0.2) is 0 Å². The van der Waals surface area contributed by atoms with Gasteiger partial charge in [-0.05, 0) is 18.2 Å². The molecule has 0 amide bonds. The molecule has 2 aromatic rings. The maximum absolute atomic E-state index is 11.5. The average Bonchev–Trinajstić information content (AvgIpc) is 3.11. The van der Waals surface area contributed by atoms with Crippen LogP contribution in [-0.4, -0.2) is 31.8 Å². The van der Waals surface area contributed by atoms with Crippen LogP contribution in [0.4, 0.5) is 5.69 Å². The number of amidine groups is 1. The van der Waals surface area contributed by atoms with Crippen LogP contribution in [0.25, 0.3) is 0 Å². The molecule has 0 N–H and O–H groups in total. The zero-order chi connectivity index (χ0) is 16.7. The fourth-order valence-corrected chi connectivity index (χ4v) is 4.45. The van der Waals surface area contributed by atoms with Gasteiger partial charge in [0.1, 0.15) is 6.04 Å². The molecule has 1 aromatic carbocycles. The van der Waals surface area contributed by atoms with Gasteiger partial charge < -0.3 is 4.90 Å². The number of hydrogen-bond donors (Lipinski definition) is 0. The molecule has 0 bridgehead atoms. The smallest absolute Gasteiger partial charge is 0.274 e. The van der Waals surface area contributed by atoms with Crippen molar-refractivity contribution in [2.45, 2.75) is 24.3 Å². The third-order valence-corrected chi connectivity index (χ3v) is 5.44. The van der Waals surface area contributed by atoms with E-state index >= 15 is 0 Å². The average molecular weight is 340 g/mol. The van der Waals surface area contributed by atoms with Gasteiger partial charge in [-0.2, -0.15) is 0 Å². The van der Waals surface area contributed by atoms with Gasteiger partial charge in [0.15, 0.2) is 5.17 Å². The van der Waals surface area contributed by atoms with Gasteiger partial charge >= 0.3 is 0 Å². The Labute approximate surface area is 143 Å². The first-order valence-corrected chi connectivity index (χ1v) is 8.68. The van der Waals surface area contributed by atoms with Gasteiger partial charge in [0.25, 0.3) is 5.69 Å². The van der Waals surface area contributed by atoms with Crippen molar-refractivity contribution >= 4 is 22.6 Å². The molecule has 2 aliphatic rings. The summed E-state index contributed by atoms with van der Waals surface area (Å²) in [6.07, 6.45) is 1.74. The van der Waals surface area contributed by atoms with Gasteiger partial charge in [-0.15, -0.1) is 0 Å². The van der Waals surface area contributed by atoms with Crippen LogP contribution in [0.3, 0.4) is 0 Å². The second-order valence-corrected chi connectivity index (χ2v) is 7.36. The molecule has 1 fully saturated rings. The summed E-state index contributed by atoms with van der Waals surface area (Å²) in [5, 5.41) is 12.9. The summed E-state index contributed by atoms with van der Waals surface area (Å²) in [5.74, 6) is 0. The SMILES string of the molecule is C[C@@H]1CN2C(=N[C@@H](c3ccccn3)[C@@H]2c2ccccc2[N+](=O)[O-])S1. The Morgan fingerprint density at radius 1 is 1.25 bits per heavy atom. The van der Waals surface area contributed by atoms with Crippen molar-refractivity contribution in [1.29, 1.82) is 0 Å². The second-order valence-electron chi connectivity index (χ2n) is 5.95. The van der Waals surface area contributed by atoms with Crippen molar-refractivity contribution in [3.63, 3.8) is 0 Å². The van der Waals surface area contributed by atoms with E-state index in [2.05, 4.69) is 16.8 Å². The molecule has 0 radical (unpaired) electrons. The minimum absolute atomic E-state index is 0.143. The Kier molecular flexibility index (Phi) is 3.72. The predicted molar refractivity (Wildman–Crippen MR) is 94.0 cm³/mol. The Hall–Kier alpha value is -2.41. The Balaban J connectivity index is 1.83. The molecule has 24 heavy (non-hydrogen) atoms. The number of nitro benzene ring substituents is 1. The molecule has 2 aliphatic heterocycles. The number of para-hydroxylation sites is 1. The molecule has 6 nitrogen and oxygen atoms in total. The van der Waals surface area contributed by atoms with E-state index in [9.17, 15) is 10.1 Å². The Morgan fingerprint density at radius 3 is 2.79 bits per heavy atom. The van der Waals surface area contributed by atoms with E-state index in [1.165, 1.54) is 0 Å². The van der Waals surface area contributed by atoms with Crippen molar-refractivity contribution in [3.8, 4) is 0 Å². The van der Waals surface area contributed by atoms with Crippen molar-refractivity contribution in [1.82, 2.24) is 9.88 Å². The lowest BCUT2D eigenvalue weighted by Crippen LogP contribution is -2.29. The number of pyridine rings is 1.